The molecule has 3 aromatic rings. The molecule has 0 saturated carbocycles. The van der Waals surface area contributed by atoms with Crippen LogP contribution in [0, 0.1) is 0 Å². The summed E-state index contributed by atoms with van der Waals surface area (Å²) >= 11 is 0. The normalized spacial score (nSPS) is 15.2. The van der Waals surface area contributed by atoms with Gasteiger partial charge in [-0.3, -0.25) is 0 Å². The summed E-state index contributed by atoms with van der Waals surface area (Å²) in [5.41, 5.74) is 2.55. The fourth-order valence-electron chi connectivity index (χ4n) is 2.13. The molecule has 1 saturated heterocycles. The van der Waals surface area contributed by atoms with Crippen molar-refractivity contribution < 1.29 is 9.47 Å². The van der Waals surface area contributed by atoms with Gasteiger partial charge in [-0.25, -0.2) is 0 Å². The Balaban J connectivity index is 0.000000136. The first-order chi connectivity index (χ1) is 11.4. The minimum Gasteiger partial charge on any atom is -0.491 e. The minimum atomic E-state index is 0.343. The summed E-state index contributed by atoms with van der Waals surface area (Å²) in [5, 5.41) is 0. The molecule has 0 aromatic heterocycles. The Labute approximate surface area is 137 Å². The smallest absolute Gasteiger partial charge is 0.119 e. The summed E-state index contributed by atoms with van der Waals surface area (Å²) in [7, 11) is 0. The van der Waals surface area contributed by atoms with Gasteiger partial charge in [-0.05, 0) is 23.3 Å². The number of para-hydroxylation sites is 1. The Kier molecular flexibility index (Phi) is 5.43. The van der Waals surface area contributed by atoms with Gasteiger partial charge >= 0.3 is 0 Å². The maximum absolute atomic E-state index is 5.40. The molecule has 116 valence electrons. The van der Waals surface area contributed by atoms with Gasteiger partial charge in [0.25, 0.3) is 0 Å². The van der Waals surface area contributed by atoms with E-state index in [9.17, 15) is 0 Å². The van der Waals surface area contributed by atoms with Crippen molar-refractivity contribution in [1.29, 1.82) is 0 Å². The second kappa shape index (κ2) is 8.16. The number of benzene rings is 3. The van der Waals surface area contributed by atoms with E-state index in [1.54, 1.807) is 0 Å². The third-order valence-corrected chi connectivity index (χ3v) is 3.46. The largest absolute Gasteiger partial charge is 0.491 e. The van der Waals surface area contributed by atoms with E-state index < -0.39 is 0 Å². The molecular formula is C21H20O2. The predicted octanol–water partition coefficient (Wildman–Crippen LogP) is 4.82. The van der Waals surface area contributed by atoms with Gasteiger partial charge in [0.2, 0.25) is 0 Å². The molecule has 0 bridgehead atoms. The second-order valence-corrected chi connectivity index (χ2v) is 5.31. The van der Waals surface area contributed by atoms with E-state index in [0.29, 0.717) is 12.7 Å². The lowest BCUT2D eigenvalue weighted by molar-refractivity contribution is 0.263. The first-order valence-corrected chi connectivity index (χ1v) is 7.82. The molecule has 4 rings (SSSR count). The lowest BCUT2D eigenvalue weighted by Gasteiger charge is -2.01. The Morgan fingerprint density at radius 3 is 1.57 bits per heavy atom. The molecule has 0 spiro atoms. The first kappa shape index (κ1) is 15.3. The molecule has 1 aliphatic rings. The number of hydrogen-bond donors (Lipinski definition) is 0. The van der Waals surface area contributed by atoms with Crippen molar-refractivity contribution >= 4 is 0 Å². The van der Waals surface area contributed by atoms with E-state index >= 15 is 0 Å². The van der Waals surface area contributed by atoms with Crippen molar-refractivity contribution in [3.8, 4) is 16.9 Å². The van der Waals surface area contributed by atoms with Gasteiger partial charge in [0, 0.05) is 0 Å². The van der Waals surface area contributed by atoms with Gasteiger partial charge in [0.05, 0.1) is 6.61 Å². The Hall–Kier alpha value is -2.58. The standard InChI is InChI=1S/C12H10.C9H10O2/c1-3-7-11(8-4-1)12-9-5-2-6-10-12;1-2-4-8(5-3-1)10-6-9-7-11-9/h1-10H;1-5,9H,6-7H2. The lowest BCUT2D eigenvalue weighted by atomic mass is 10.1. The van der Waals surface area contributed by atoms with Crippen molar-refractivity contribution in [2.45, 2.75) is 6.10 Å². The van der Waals surface area contributed by atoms with Gasteiger partial charge < -0.3 is 9.47 Å². The van der Waals surface area contributed by atoms with Crippen molar-refractivity contribution in [2.75, 3.05) is 13.2 Å². The van der Waals surface area contributed by atoms with Gasteiger partial charge in [-0.2, -0.15) is 0 Å². The van der Waals surface area contributed by atoms with E-state index in [2.05, 4.69) is 48.5 Å². The Morgan fingerprint density at radius 2 is 1.13 bits per heavy atom. The van der Waals surface area contributed by atoms with E-state index in [0.717, 1.165) is 12.4 Å². The summed E-state index contributed by atoms with van der Waals surface area (Å²) < 4.78 is 10.4. The highest BCUT2D eigenvalue weighted by molar-refractivity contribution is 5.62. The highest BCUT2D eigenvalue weighted by atomic mass is 16.6. The number of ether oxygens (including phenoxy) is 2. The van der Waals surface area contributed by atoms with Crippen LogP contribution in [0.1, 0.15) is 0 Å². The van der Waals surface area contributed by atoms with E-state index in [1.165, 1.54) is 11.1 Å². The number of hydrogen-bond acceptors (Lipinski definition) is 2. The van der Waals surface area contributed by atoms with Crippen LogP contribution in [0.4, 0.5) is 0 Å². The third kappa shape index (κ3) is 5.28. The van der Waals surface area contributed by atoms with Gasteiger partial charge in [0.1, 0.15) is 18.5 Å². The number of rotatable bonds is 4. The van der Waals surface area contributed by atoms with Crippen LogP contribution in [0.25, 0.3) is 11.1 Å². The minimum absolute atomic E-state index is 0.343. The van der Waals surface area contributed by atoms with Crippen molar-refractivity contribution in [3.05, 3.63) is 91.0 Å². The fraction of sp³-hybridized carbons (Fsp3) is 0.143. The van der Waals surface area contributed by atoms with Crippen LogP contribution < -0.4 is 4.74 Å². The van der Waals surface area contributed by atoms with Crippen LogP contribution in [0.5, 0.6) is 5.75 Å². The molecule has 3 aromatic carbocycles. The molecule has 1 heterocycles. The zero-order valence-electron chi connectivity index (χ0n) is 13.0. The topological polar surface area (TPSA) is 21.8 Å². The van der Waals surface area contributed by atoms with Crippen LogP contribution in [0.2, 0.25) is 0 Å². The first-order valence-electron chi connectivity index (χ1n) is 7.82. The molecule has 0 aliphatic carbocycles. The maximum Gasteiger partial charge on any atom is 0.119 e. The van der Waals surface area contributed by atoms with Crippen LogP contribution in [0.15, 0.2) is 91.0 Å². The fourth-order valence-corrected chi connectivity index (χ4v) is 2.13. The monoisotopic (exact) mass is 304 g/mol. The van der Waals surface area contributed by atoms with Crippen LogP contribution in [-0.2, 0) is 4.74 Å². The van der Waals surface area contributed by atoms with Crippen LogP contribution in [0.3, 0.4) is 0 Å². The lowest BCUT2D eigenvalue weighted by Crippen LogP contribution is -2.03. The molecule has 1 aliphatic heterocycles. The van der Waals surface area contributed by atoms with Gasteiger partial charge in [-0.15, -0.1) is 0 Å². The average molecular weight is 304 g/mol. The summed E-state index contributed by atoms with van der Waals surface area (Å²) in [5.74, 6) is 0.919. The molecule has 0 radical (unpaired) electrons. The summed E-state index contributed by atoms with van der Waals surface area (Å²) in [4.78, 5) is 0. The molecule has 23 heavy (non-hydrogen) atoms. The number of epoxide rings is 1. The van der Waals surface area contributed by atoms with E-state index in [1.807, 2.05) is 42.5 Å². The zero-order chi connectivity index (χ0) is 15.7. The van der Waals surface area contributed by atoms with Crippen LogP contribution >= 0.6 is 0 Å². The highest BCUT2D eigenvalue weighted by Gasteiger charge is 2.22. The summed E-state index contributed by atoms with van der Waals surface area (Å²) in [6, 6.07) is 30.6. The summed E-state index contributed by atoms with van der Waals surface area (Å²) in [6.07, 6.45) is 0.343. The van der Waals surface area contributed by atoms with Crippen LogP contribution in [-0.4, -0.2) is 19.3 Å². The average Bonchev–Trinajstić information content (AvgIpc) is 3.47. The Bertz CT molecular complexity index is 639. The quantitative estimate of drug-likeness (QED) is 0.645. The van der Waals surface area contributed by atoms with Crippen molar-refractivity contribution in [1.82, 2.24) is 0 Å². The van der Waals surface area contributed by atoms with Gasteiger partial charge in [0.15, 0.2) is 0 Å². The Morgan fingerprint density at radius 1 is 0.696 bits per heavy atom. The van der Waals surface area contributed by atoms with Crippen molar-refractivity contribution in [3.63, 3.8) is 0 Å². The molecule has 0 N–H and O–H groups in total. The second-order valence-electron chi connectivity index (χ2n) is 5.31. The molecule has 2 heteroatoms. The zero-order valence-corrected chi connectivity index (χ0v) is 13.0. The molecule has 1 unspecified atom stereocenters. The highest BCUT2D eigenvalue weighted by Crippen LogP contribution is 2.17. The SMILES string of the molecule is c1ccc(-c2ccccc2)cc1.c1ccc(OCC2CO2)cc1. The van der Waals surface area contributed by atoms with Gasteiger partial charge in [-0.1, -0.05) is 78.9 Å². The molecular weight excluding hydrogens is 284 g/mol. The van der Waals surface area contributed by atoms with E-state index in [-0.39, 0.29) is 0 Å². The molecule has 1 atom stereocenters. The molecule has 1 fully saturated rings. The van der Waals surface area contributed by atoms with Crippen molar-refractivity contribution in [2.24, 2.45) is 0 Å². The third-order valence-electron chi connectivity index (χ3n) is 3.46. The predicted molar refractivity (Wildman–Crippen MR) is 93.6 cm³/mol. The van der Waals surface area contributed by atoms with E-state index in [4.69, 9.17) is 9.47 Å². The molecule has 0 amide bonds. The summed E-state index contributed by atoms with van der Waals surface area (Å²) in [6.45, 7) is 1.54. The maximum atomic E-state index is 5.40. The molecule has 2 nitrogen and oxygen atoms in total.